The van der Waals surface area contributed by atoms with Gasteiger partial charge in [-0.3, -0.25) is 10.1 Å². The van der Waals surface area contributed by atoms with E-state index in [9.17, 15) is 9.59 Å². The number of amides is 3. The third-order valence-electron chi connectivity index (χ3n) is 1.82. The average molecular weight is 318 g/mol. The van der Waals surface area contributed by atoms with Crippen LogP contribution in [0.5, 0.6) is 0 Å². The van der Waals surface area contributed by atoms with Crippen molar-refractivity contribution >= 4 is 45.3 Å². The van der Waals surface area contributed by atoms with Crippen molar-refractivity contribution in [2.75, 3.05) is 11.5 Å². The second-order valence-electron chi connectivity index (χ2n) is 3.19. The Bertz CT molecular complexity index is 440. The van der Waals surface area contributed by atoms with Crippen LogP contribution in [0.25, 0.3) is 0 Å². The van der Waals surface area contributed by atoms with Gasteiger partial charge in [0.1, 0.15) is 0 Å². The van der Waals surface area contributed by atoms with Crippen molar-refractivity contribution in [3.8, 4) is 0 Å². The Morgan fingerprint density at radius 2 is 2.12 bits per heavy atom. The van der Waals surface area contributed by atoms with Crippen molar-refractivity contribution in [1.29, 1.82) is 0 Å². The van der Waals surface area contributed by atoms with Crippen LogP contribution in [-0.2, 0) is 4.79 Å². The Morgan fingerprint density at radius 3 is 2.76 bits per heavy atom. The summed E-state index contributed by atoms with van der Waals surface area (Å²) in [6.45, 7) is 0. The van der Waals surface area contributed by atoms with Crippen molar-refractivity contribution in [3.05, 3.63) is 22.7 Å². The number of imide groups is 1. The molecule has 0 radical (unpaired) electrons. The smallest absolute Gasteiger partial charge is 0.318 e. The van der Waals surface area contributed by atoms with Crippen LogP contribution in [0.2, 0.25) is 0 Å². The fraction of sp³-hybridized carbons (Fsp3) is 0.200. The van der Waals surface area contributed by atoms with Crippen molar-refractivity contribution in [2.45, 2.75) is 11.3 Å². The van der Waals surface area contributed by atoms with Crippen molar-refractivity contribution in [3.63, 3.8) is 0 Å². The first-order chi connectivity index (χ1) is 7.99. The van der Waals surface area contributed by atoms with Gasteiger partial charge in [-0.1, -0.05) is 15.9 Å². The minimum Gasteiger partial charge on any atom is -0.398 e. The SMILES string of the molecule is NC(=O)NC(=O)CCSc1cc(Br)ccc1N. The van der Waals surface area contributed by atoms with Crippen LogP contribution in [0, 0.1) is 0 Å². The topological polar surface area (TPSA) is 98.2 Å². The number of carbonyl (C=O) groups is 2. The highest BCUT2D eigenvalue weighted by molar-refractivity contribution is 9.10. The second-order valence-corrected chi connectivity index (χ2v) is 5.25. The zero-order chi connectivity index (χ0) is 12.8. The molecule has 0 aliphatic heterocycles. The Hall–Kier alpha value is -1.21. The summed E-state index contributed by atoms with van der Waals surface area (Å²) in [7, 11) is 0. The van der Waals surface area contributed by atoms with Gasteiger partial charge < -0.3 is 11.5 Å². The van der Waals surface area contributed by atoms with Gasteiger partial charge in [-0.05, 0) is 18.2 Å². The lowest BCUT2D eigenvalue weighted by atomic mass is 10.3. The standard InChI is InChI=1S/C10H12BrN3O2S/c11-6-1-2-7(12)8(5-6)17-4-3-9(15)14-10(13)16/h1-2,5H,3-4,12H2,(H3,13,14,15,16). The number of benzene rings is 1. The van der Waals surface area contributed by atoms with E-state index in [-0.39, 0.29) is 6.42 Å². The van der Waals surface area contributed by atoms with E-state index in [2.05, 4.69) is 15.9 Å². The minimum atomic E-state index is -0.832. The maximum atomic E-state index is 11.1. The quantitative estimate of drug-likeness (QED) is 0.581. The lowest BCUT2D eigenvalue weighted by molar-refractivity contribution is -0.119. The van der Waals surface area contributed by atoms with Gasteiger partial charge in [0.25, 0.3) is 0 Å². The maximum absolute atomic E-state index is 11.1. The third kappa shape index (κ3) is 5.10. The van der Waals surface area contributed by atoms with Gasteiger partial charge in [0.2, 0.25) is 5.91 Å². The molecule has 0 bridgehead atoms. The minimum absolute atomic E-state index is 0.208. The number of primary amides is 1. The Morgan fingerprint density at radius 1 is 1.41 bits per heavy atom. The lowest BCUT2D eigenvalue weighted by Gasteiger charge is -2.05. The molecule has 3 amide bonds. The maximum Gasteiger partial charge on any atom is 0.318 e. The highest BCUT2D eigenvalue weighted by Gasteiger charge is 2.06. The third-order valence-corrected chi connectivity index (χ3v) is 3.39. The molecule has 0 aliphatic rings. The highest BCUT2D eigenvalue weighted by Crippen LogP contribution is 2.28. The lowest BCUT2D eigenvalue weighted by Crippen LogP contribution is -2.35. The van der Waals surface area contributed by atoms with Crippen LogP contribution >= 0.6 is 27.7 Å². The molecule has 0 aliphatic carbocycles. The molecule has 1 aromatic rings. The molecule has 5 N–H and O–H groups in total. The molecule has 0 saturated carbocycles. The molecule has 17 heavy (non-hydrogen) atoms. The molecule has 92 valence electrons. The number of nitrogens with two attached hydrogens (primary N) is 2. The van der Waals surface area contributed by atoms with E-state index in [0.29, 0.717) is 11.4 Å². The van der Waals surface area contributed by atoms with Crippen molar-refractivity contribution in [1.82, 2.24) is 5.32 Å². The fourth-order valence-corrected chi connectivity index (χ4v) is 2.55. The van der Waals surface area contributed by atoms with Gasteiger partial charge in [0.15, 0.2) is 0 Å². The first kappa shape index (κ1) is 13.9. The van der Waals surface area contributed by atoms with Gasteiger partial charge >= 0.3 is 6.03 Å². The number of urea groups is 1. The Labute approximate surface area is 111 Å². The second kappa shape index (κ2) is 6.51. The van der Waals surface area contributed by atoms with E-state index in [1.807, 2.05) is 17.4 Å². The van der Waals surface area contributed by atoms with Crippen LogP contribution in [-0.4, -0.2) is 17.7 Å². The summed E-state index contributed by atoms with van der Waals surface area (Å²) in [4.78, 5) is 22.4. The van der Waals surface area contributed by atoms with E-state index in [1.165, 1.54) is 11.8 Å². The zero-order valence-corrected chi connectivity index (χ0v) is 11.3. The number of anilines is 1. The number of nitrogen functional groups attached to an aromatic ring is 1. The summed E-state index contributed by atoms with van der Waals surface area (Å²) in [5.41, 5.74) is 11.2. The van der Waals surface area contributed by atoms with Gasteiger partial charge in [-0.2, -0.15) is 0 Å². The normalized spacial score (nSPS) is 9.94. The summed E-state index contributed by atoms with van der Waals surface area (Å²) < 4.78 is 0.927. The van der Waals surface area contributed by atoms with Gasteiger partial charge in [0, 0.05) is 27.2 Å². The van der Waals surface area contributed by atoms with Gasteiger partial charge in [-0.25, -0.2) is 4.79 Å². The van der Waals surface area contributed by atoms with Crippen LogP contribution in [0.1, 0.15) is 6.42 Å². The van der Waals surface area contributed by atoms with E-state index in [0.717, 1.165) is 9.37 Å². The molecule has 1 rings (SSSR count). The van der Waals surface area contributed by atoms with Crippen LogP contribution in [0.15, 0.2) is 27.6 Å². The van der Waals surface area contributed by atoms with Crippen molar-refractivity contribution in [2.24, 2.45) is 5.73 Å². The summed E-state index contributed by atoms with van der Waals surface area (Å²) in [6, 6.07) is 4.68. The number of hydrogen-bond donors (Lipinski definition) is 3. The van der Waals surface area contributed by atoms with E-state index < -0.39 is 11.9 Å². The fourth-order valence-electron chi connectivity index (χ4n) is 1.09. The molecule has 0 aromatic heterocycles. The molecule has 1 aromatic carbocycles. The Balaban J connectivity index is 2.43. The number of halogens is 1. The number of hydrogen-bond acceptors (Lipinski definition) is 4. The van der Waals surface area contributed by atoms with E-state index >= 15 is 0 Å². The molecule has 5 nitrogen and oxygen atoms in total. The molecule has 0 heterocycles. The zero-order valence-electron chi connectivity index (χ0n) is 8.90. The summed E-state index contributed by atoms with van der Waals surface area (Å²) in [6.07, 6.45) is 0.208. The van der Waals surface area contributed by atoms with E-state index in [1.54, 1.807) is 6.07 Å². The molecule has 0 fully saturated rings. The number of nitrogens with one attached hydrogen (secondary N) is 1. The predicted octanol–water partition coefficient (Wildman–Crippen LogP) is 1.71. The van der Waals surface area contributed by atoms with Crippen LogP contribution < -0.4 is 16.8 Å². The molecular formula is C10H12BrN3O2S. The van der Waals surface area contributed by atoms with Crippen molar-refractivity contribution < 1.29 is 9.59 Å². The molecule has 0 unspecified atom stereocenters. The largest absolute Gasteiger partial charge is 0.398 e. The van der Waals surface area contributed by atoms with Gasteiger partial charge in [0.05, 0.1) is 0 Å². The molecule has 7 heteroatoms. The molecule has 0 spiro atoms. The monoisotopic (exact) mass is 317 g/mol. The molecular weight excluding hydrogens is 306 g/mol. The van der Waals surface area contributed by atoms with Crippen LogP contribution in [0.4, 0.5) is 10.5 Å². The first-order valence-corrected chi connectivity index (χ1v) is 6.54. The average Bonchev–Trinajstić information content (AvgIpc) is 2.22. The Kier molecular flexibility index (Phi) is 5.30. The molecule has 0 saturated heterocycles. The van der Waals surface area contributed by atoms with Crippen LogP contribution in [0.3, 0.4) is 0 Å². The number of rotatable bonds is 4. The first-order valence-electron chi connectivity index (χ1n) is 4.76. The molecule has 0 atom stereocenters. The number of thioether (sulfide) groups is 1. The van der Waals surface area contributed by atoms with Gasteiger partial charge in [-0.15, -0.1) is 11.8 Å². The predicted molar refractivity (Wildman–Crippen MR) is 71.6 cm³/mol. The summed E-state index contributed by atoms with van der Waals surface area (Å²) in [5.74, 6) is 0.137. The summed E-state index contributed by atoms with van der Waals surface area (Å²) >= 11 is 4.79. The summed E-state index contributed by atoms with van der Waals surface area (Å²) in [5, 5.41) is 2.00. The van der Waals surface area contributed by atoms with E-state index in [4.69, 9.17) is 11.5 Å². The highest BCUT2D eigenvalue weighted by atomic mass is 79.9. The number of carbonyl (C=O) groups excluding carboxylic acids is 2.